The fraction of sp³-hybridized carbons (Fsp3) is 0.529. The van der Waals surface area contributed by atoms with Crippen LogP contribution in [0.1, 0.15) is 31.1 Å². The number of nitrogens with two attached hydrogens (primary N) is 1. The van der Waals surface area contributed by atoms with Crippen LogP contribution in [0.3, 0.4) is 0 Å². The number of nitrogens with one attached hydrogen (secondary N) is 1. The summed E-state index contributed by atoms with van der Waals surface area (Å²) in [6.45, 7) is 0. The molecule has 5 unspecified atom stereocenters. The van der Waals surface area contributed by atoms with Crippen molar-refractivity contribution in [2.24, 2.45) is 35.4 Å². The van der Waals surface area contributed by atoms with Gasteiger partial charge < -0.3 is 4.42 Å². The van der Waals surface area contributed by atoms with Crippen LogP contribution in [0.2, 0.25) is 0 Å². The highest BCUT2D eigenvalue weighted by Gasteiger charge is 2.67. The standard InChI is InChI=1S/C17H19FN2O/c18-11-3-1-2-10-7-12(21-17(10)11)16(20-19)15-13-8-4-5-9(6-8)14(13)15/h1-3,7-9,13-16,20H,4-6,19H2. The molecule has 3 fully saturated rings. The van der Waals surface area contributed by atoms with E-state index in [2.05, 4.69) is 5.43 Å². The molecule has 21 heavy (non-hydrogen) atoms. The zero-order valence-electron chi connectivity index (χ0n) is 11.8. The van der Waals surface area contributed by atoms with Gasteiger partial charge in [0.05, 0.1) is 6.04 Å². The summed E-state index contributed by atoms with van der Waals surface area (Å²) in [4.78, 5) is 0. The van der Waals surface area contributed by atoms with Crippen LogP contribution in [-0.4, -0.2) is 0 Å². The Labute approximate surface area is 122 Å². The summed E-state index contributed by atoms with van der Waals surface area (Å²) >= 11 is 0. The first-order chi connectivity index (χ1) is 10.3. The molecule has 2 aromatic rings. The maximum absolute atomic E-state index is 13.8. The Morgan fingerprint density at radius 1 is 1.24 bits per heavy atom. The second-order valence-corrected chi connectivity index (χ2v) is 7.02. The second-order valence-electron chi connectivity index (χ2n) is 7.02. The normalized spacial score (nSPS) is 37.9. The van der Waals surface area contributed by atoms with E-state index in [-0.39, 0.29) is 11.9 Å². The maximum Gasteiger partial charge on any atom is 0.169 e. The van der Waals surface area contributed by atoms with Gasteiger partial charge in [0.15, 0.2) is 11.4 Å². The van der Waals surface area contributed by atoms with Crippen LogP contribution in [-0.2, 0) is 0 Å². The summed E-state index contributed by atoms with van der Waals surface area (Å²) in [5, 5.41) is 0.819. The molecule has 0 radical (unpaired) electrons. The molecule has 5 rings (SSSR count). The molecule has 1 aromatic carbocycles. The van der Waals surface area contributed by atoms with E-state index in [0.717, 1.165) is 34.8 Å². The topological polar surface area (TPSA) is 51.2 Å². The molecule has 4 heteroatoms. The Bertz CT molecular complexity index is 696. The summed E-state index contributed by atoms with van der Waals surface area (Å²) in [6.07, 6.45) is 4.18. The van der Waals surface area contributed by atoms with Gasteiger partial charge in [0.2, 0.25) is 0 Å². The van der Waals surface area contributed by atoms with E-state index < -0.39 is 0 Å². The van der Waals surface area contributed by atoms with E-state index in [9.17, 15) is 4.39 Å². The fourth-order valence-electron chi connectivity index (χ4n) is 5.42. The number of para-hydroxylation sites is 1. The van der Waals surface area contributed by atoms with Crippen LogP contribution >= 0.6 is 0 Å². The first kappa shape index (κ1) is 12.2. The molecule has 0 spiro atoms. The van der Waals surface area contributed by atoms with Crippen molar-refractivity contribution < 1.29 is 8.81 Å². The van der Waals surface area contributed by atoms with Crippen molar-refractivity contribution in [2.45, 2.75) is 25.3 Å². The summed E-state index contributed by atoms with van der Waals surface area (Å²) in [5.74, 6) is 10.3. The van der Waals surface area contributed by atoms with Crippen LogP contribution in [0.4, 0.5) is 4.39 Å². The van der Waals surface area contributed by atoms with Crippen LogP contribution in [0.5, 0.6) is 0 Å². The first-order valence-electron chi connectivity index (χ1n) is 7.92. The minimum Gasteiger partial charge on any atom is -0.456 e. The number of benzene rings is 1. The minimum atomic E-state index is -0.300. The molecule has 2 bridgehead atoms. The summed E-state index contributed by atoms with van der Waals surface area (Å²) in [6, 6.07) is 7.01. The highest BCUT2D eigenvalue weighted by atomic mass is 19.1. The van der Waals surface area contributed by atoms with E-state index in [1.165, 1.54) is 25.3 Å². The Hall–Kier alpha value is -1.39. The van der Waals surface area contributed by atoms with Gasteiger partial charge in [0, 0.05) is 5.39 Å². The molecule has 3 nitrogen and oxygen atoms in total. The fourth-order valence-corrected chi connectivity index (χ4v) is 5.42. The van der Waals surface area contributed by atoms with Crippen LogP contribution < -0.4 is 11.3 Å². The van der Waals surface area contributed by atoms with Crippen molar-refractivity contribution in [2.75, 3.05) is 0 Å². The Kier molecular flexibility index (Phi) is 2.37. The van der Waals surface area contributed by atoms with E-state index in [0.29, 0.717) is 11.5 Å². The maximum atomic E-state index is 13.8. The van der Waals surface area contributed by atoms with E-state index >= 15 is 0 Å². The number of hydrazine groups is 1. The van der Waals surface area contributed by atoms with E-state index in [1.807, 2.05) is 12.1 Å². The minimum absolute atomic E-state index is 0.0233. The molecule has 0 aliphatic heterocycles. The monoisotopic (exact) mass is 286 g/mol. The van der Waals surface area contributed by atoms with E-state index in [4.69, 9.17) is 10.3 Å². The number of fused-ring (bicyclic) bond motifs is 6. The van der Waals surface area contributed by atoms with Crippen molar-refractivity contribution in [3.8, 4) is 0 Å². The summed E-state index contributed by atoms with van der Waals surface area (Å²) in [7, 11) is 0. The highest BCUT2D eigenvalue weighted by molar-refractivity contribution is 5.78. The van der Waals surface area contributed by atoms with Crippen LogP contribution in [0.15, 0.2) is 28.7 Å². The van der Waals surface area contributed by atoms with Crippen molar-refractivity contribution in [1.82, 2.24) is 5.43 Å². The molecule has 1 heterocycles. The van der Waals surface area contributed by atoms with Gasteiger partial charge in [0.25, 0.3) is 0 Å². The third-order valence-corrected chi connectivity index (χ3v) is 6.18. The zero-order chi connectivity index (χ0) is 14.1. The van der Waals surface area contributed by atoms with Crippen molar-refractivity contribution in [1.29, 1.82) is 0 Å². The summed E-state index contributed by atoms with van der Waals surface area (Å²) in [5.41, 5.74) is 3.29. The number of rotatable bonds is 3. The predicted molar refractivity (Wildman–Crippen MR) is 77.5 cm³/mol. The van der Waals surface area contributed by atoms with Crippen molar-refractivity contribution in [3.63, 3.8) is 0 Å². The van der Waals surface area contributed by atoms with Crippen LogP contribution in [0.25, 0.3) is 11.0 Å². The SMILES string of the molecule is NNC(c1cc2cccc(F)c2o1)C1C2C3CCC(C3)C21. The lowest BCUT2D eigenvalue weighted by Crippen LogP contribution is -2.31. The second kappa shape index (κ2) is 4.08. The Balaban J connectivity index is 1.51. The lowest BCUT2D eigenvalue weighted by molar-refractivity contribution is 0.332. The first-order valence-corrected chi connectivity index (χ1v) is 7.92. The van der Waals surface area contributed by atoms with Gasteiger partial charge in [-0.2, -0.15) is 0 Å². The molecular weight excluding hydrogens is 267 g/mol. The Morgan fingerprint density at radius 2 is 2.00 bits per heavy atom. The summed E-state index contributed by atoms with van der Waals surface area (Å²) < 4.78 is 19.6. The molecular formula is C17H19FN2O. The Morgan fingerprint density at radius 3 is 2.67 bits per heavy atom. The third kappa shape index (κ3) is 1.55. The van der Waals surface area contributed by atoms with Gasteiger partial charge in [-0.15, -0.1) is 0 Å². The van der Waals surface area contributed by atoms with Crippen molar-refractivity contribution in [3.05, 3.63) is 35.8 Å². The number of halogens is 1. The molecule has 5 atom stereocenters. The third-order valence-electron chi connectivity index (χ3n) is 6.18. The molecule has 3 aliphatic rings. The van der Waals surface area contributed by atoms with Gasteiger partial charge >= 0.3 is 0 Å². The zero-order valence-corrected chi connectivity index (χ0v) is 11.8. The molecule has 3 saturated carbocycles. The molecule has 0 saturated heterocycles. The lowest BCUT2D eigenvalue weighted by Gasteiger charge is -2.17. The number of furan rings is 1. The van der Waals surface area contributed by atoms with Gasteiger partial charge in [-0.25, -0.2) is 9.82 Å². The molecule has 0 amide bonds. The number of hydrogen-bond donors (Lipinski definition) is 2. The average molecular weight is 286 g/mol. The van der Waals surface area contributed by atoms with Crippen molar-refractivity contribution >= 4 is 11.0 Å². The molecule has 110 valence electrons. The average Bonchev–Trinajstić information content (AvgIpc) is 2.86. The van der Waals surface area contributed by atoms with Crippen LogP contribution in [0, 0.1) is 35.4 Å². The molecule has 1 aromatic heterocycles. The predicted octanol–water partition coefficient (Wildman–Crippen LogP) is 3.37. The molecule has 3 aliphatic carbocycles. The van der Waals surface area contributed by atoms with Gasteiger partial charge in [-0.1, -0.05) is 12.1 Å². The smallest absolute Gasteiger partial charge is 0.169 e. The highest BCUT2D eigenvalue weighted by Crippen LogP contribution is 2.72. The van der Waals surface area contributed by atoms with Gasteiger partial charge in [-0.05, 0) is 61.0 Å². The number of hydrogen-bond acceptors (Lipinski definition) is 3. The largest absolute Gasteiger partial charge is 0.456 e. The van der Waals surface area contributed by atoms with Gasteiger partial charge in [-0.3, -0.25) is 5.84 Å². The van der Waals surface area contributed by atoms with Gasteiger partial charge in [0.1, 0.15) is 5.76 Å². The van der Waals surface area contributed by atoms with E-state index in [1.54, 1.807) is 6.07 Å². The lowest BCUT2D eigenvalue weighted by atomic mass is 9.96. The molecule has 3 N–H and O–H groups in total. The quantitative estimate of drug-likeness (QED) is 0.672.